The van der Waals surface area contributed by atoms with Crippen molar-refractivity contribution in [2.75, 3.05) is 22.9 Å². The third-order valence-corrected chi connectivity index (χ3v) is 6.32. The Hall–Kier alpha value is -2.18. The second-order valence-corrected chi connectivity index (χ2v) is 9.15. The van der Waals surface area contributed by atoms with Gasteiger partial charge in [-0.2, -0.15) is 0 Å². The lowest BCUT2D eigenvalue weighted by molar-refractivity contribution is 0.542. The van der Waals surface area contributed by atoms with E-state index in [1.54, 1.807) is 0 Å². The molecule has 0 amide bonds. The Morgan fingerprint density at radius 1 is 0.636 bits per heavy atom. The first-order valence-electron chi connectivity index (χ1n) is 12.2. The average Bonchev–Trinajstić information content (AvgIpc) is 2.80. The number of hydrogen-bond donors (Lipinski definition) is 2. The van der Waals surface area contributed by atoms with Gasteiger partial charge in [0.25, 0.3) is 10.3 Å². The molecule has 2 aromatic rings. The number of anilines is 2. The maximum Gasteiger partial charge on any atom is 0.261 e. The van der Waals surface area contributed by atoms with Gasteiger partial charge in [-0.1, -0.05) is 88.8 Å². The number of aliphatic hydroxyl groups excluding tert-OH is 2. The second kappa shape index (κ2) is 14.9. The van der Waals surface area contributed by atoms with Gasteiger partial charge < -0.3 is 20.0 Å². The molecule has 0 aliphatic heterocycles. The van der Waals surface area contributed by atoms with Crippen LogP contribution in [0.5, 0.6) is 0 Å². The van der Waals surface area contributed by atoms with Crippen LogP contribution < -0.4 is 9.80 Å². The summed E-state index contributed by atoms with van der Waals surface area (Å²) in [5, 5.41) is 20.3. The van der Waals surface area contributed by atoms with Crippen LogP contribution in [0.2, 0.25) is 0 Å². The van der Waals surface area contributed by atoms with Crippen LogP contribution in [0.3, 0.4) is 0 Å². The maximum absolute atomic E-state index is 10.3. The van der Waals surface area contributed by atoms with Gasteiger partial charge in [0.15, 0.2) is 0 Å². The maximum atomic E-state index is 10.3. The van der Waals surface area contributed by atoms with Gasteiger partial charge in [-0.3, -0.25) is 0 Å². The first kappa shape index (κ1) is 27.1. The molecule has 0 atom stereocenters. The fraction of sp³-hybridized carbons (Fsp3) is 0.481. The molecule has 0 spiro atoms. The molecule has 2 N–H and O–H groups in total. The minimum atomic E-state index is -0.0960. The van der Waals surface area contributed by atoms with Crippen molar-refractivity contribution in [1.29, 1.82) is 0 Å². The molecule has 4 nitrogen and oxygen atoms in total. The summed E-state index contributed by atoms with van der Waals surface area (Å²) in [7, 11) is 0. The Labute approximate surface area is 210 Å². The highest BCUT2D eigenvalue weighted by atomic mass is 32.1. The molecule has 0 aliphatic carbocycles. The molecule has 0 aliphatic rings. The third kappa shape index (κ3) is 8.59. The van der Waals surface area contributed by atoms with Crippen LogP contribution in [0.1, 0.15) is 76.3 Å². The first-order valence-corrected chi connectivity index (χ1v) is 13.0. The summed E-state index contributed by atoms with van der Waals surface area (Å²) in [6.45, 7) is 5.76. The molecular formula is C27H38N2O2S2. The third-order valence-electron chi connectivity index (χ3n) is 5.88. The summed E-state index contributed by atoms with van der Waals surface area (Å²) in [6.07, 6.45) is 9.51. The van der Waals surface area contributed by atoms with Crippen LogP contribution in [0.4, 0.5) is 11.4 Å². The van der Waals surface area contributed by atoms with Crippen molar-refractivity contribution >= 4 is 46.2 Å². The lowest BCUT2D eigenvalue weighted by Gasteiger charge is -2.27. The number of unbranched alkanes of at least 4 members (excludes halogenated alkanes) is 6. The lowest BCUT2D eigenvalue weighted by atomic mass is 10.00. The fourth-order valence-electron chi connectivity index (χ4n) is 4.08. The normalized spacial score (nSPS) is 10.7. The Morgan fingerprint density at radius 2 is 1.03 bits per heavy atom. The highest BCUT2D eigenvalue weighted by molar-refractivity contribution is 7.80. The molecule has 6 heteroatoms. The molecular weight excluding hydrogens is 448 g/mol. The SMILES string of the molecule is CCCCCCN(C(O)=S)c1ccccc1Cc1ccccc1N(CCCCCC)C(O)=S. The highest BCUT2D eigenvalue weighted by Gasteiger charge is 2.18. The molecule has 2 aromatic carbocycles. The van der Waals surface area contributed by atoms with Crippen molar-refractivity contribution in [3.05, 3.63) is 59.7 Å². The van der Waals surface area contributed by atoms with Gasteiger partial charge in [-0.15, -0.1) is 0 Å². The number of para-hydroxylation sites is 2. The lowest BCUT2D eigenvalue weighted by Crippen LogP contribution is -2.32. The van der Waals surface area contributed by atoms with Gasteiger partial charge in [0.05, 0.1) is 0 Å². The highest BCUT2D eigenvalue weighted by Crippen LogP contribution is 2.29. The van der Waals surface area contributed by atoms with Crippen LogP contribution in [0.15, 0.2) is 48.5 Å². The molecule has 0 saturated carbocycles. The summed E-state index contributed by atoms with van der Waals surface area (Å²) in [6, 6.07) is 16.2. The summed E-state index contributed by atoms with van der Waals surface area (Å²) >= 11 is 10.4. The number of thiocarbonyl (C=S) groups is 2. The zero-order valence-electron chi connectivity index (χ0n) is 20.0. The van der Waals surface area contributed by atoms with E-state index >= 15 is 0 Å². The van der Waals surface area contributed by atoms with Crippen molar-refractivity contribution in [1.82, 2.24) is 0 Å². The molecule has 0 aromatic heterocycles. The summed E-state index contributed by atoms with van der Waals surface area (Å²) in [4.78, 5) is 3.67. The largest absolute Gasteiger partial charge is 0.486 e. The predicted molar refractivity (Wildman–Crippen MR) is 149 cm³/mol. The van der Waals surface area contributed by atoms with Crippen molar-refractivity contribution in [2.24, 2.45) is 0 Å². The Kier molecular flexibility index (Phi) is 12.2. The fourth-order valence-corrected chi connectivity index (χ4v) is 4.46. The van der Waals surface area contributed by atoms with E-state index in [-0.39, 0.29) is 10.3 Å². The van der Waals surface area contributed by atoms with Crippen LogP contribution >= 0.6 is 24.4 Å². The molecule has 0 saturated heterocycles. The molecule has 0 radical (unpaired) electrons. The average molecular weight is 487 g/mol. The summed E-state index contributed by atoms with van der Waals surface area (Å²) in [5.41, 5.74) is 4.01. The van der Waals surface area contributed by atoms with E-state index in [0.717, 1.165) is 48.2 Å². The zero-order chi connectivity index (χ0) is 24.1. The molecule has 0 heterocycles. The van der Waals surface area contributed by atoms with Crippen molar-refractivity contribution < 1.29 is 10.2 Å². The smallest absolute Gasteiger partial charge is 0.261 e. The minimum Gasteiger partial charge on any atom is -0.486 e. The van der Waals surface area contributed by atoms with E-state index in [1.165, 1.54) is 25.7 Å². The predicted octanol–water partition coefficient (Wildman–Crippen LogP) is 7.74. The van der Waals surface area contributed by atoms with Gasteiger partial charge in [-0.05, 0) is 60.5 Å². The summed E-state index contributed by atoms with van der Waals surface area (Å²) in [5.74, 6) is 0. The second-order valence-electron chi connectivity index (χ2n) is 8.42. The zero-order valence-corrected chi connectivity index (χ0v) is 21.6. The van der Waals surface area contributed by atoms with Gasteiger partial charge in [0.2, 0.25) is 0 Å². The molecule has 33 heavy (non-hydrogen) atoms. The van der Waals surface area contributed by atoms with Crippen molar-refractivity contribution in [3.63, 3.8) is 0 Å². The number of hydrogen-bond acceptors (Lipinski definition) is 2. The molecule has 0 fully saturated rings. The van der Waals surface area contributed by atoms with E-state index in [1.807, 2.05) is 46.2 Å². The van der Waals surface area contributed by atoms with Gasteiger partial charge in [0.1, 0.15) is 0 Å². The van der Waals surface area contributed by atoms with E-state index in [9.17, 15) is 10.2 Å². The molecule has 0 unspecified atom stereocenters. The number of aliphatic hydroxyl groups is 2. The first-order chi connectivity index (χ1) is 16.0. The van der Waals surface area contributed by atoms with Crippen molar-refractivity contribution in [2.45, 2.75) is 71.6 Å². The number of nitrogens with zero attached hydrogens (tertiary/aromatic N) is 2. The van der Waals surface area contributed by atoms with E-state index in [0.29, 0.717) is 19.5 Å². The number of rotatable bonds is 14. The Morgan fingerprint density at radius 3 is 1.39 bits per heavy atom. The van der Waals surface area contributed by atoms with Crippen LogP contribution in [-0.2, 0) is 6.42 Å². The Bertz CT molecular complexity index is 816. The van der Waals surface area contributed by atoms with E-state index in [2.05, 4.69) is 26.0 Å². The topological polar surface area (TPSA) is 46.9 Å². The van der Waals surface area contributed by atoms with E-state index < -0.39 is 0 Å². The monoisotopic (exact) mass is 486 g/mol. The number of benzene rings is 2. The van der Waals surface area contributed by atoms with Crippen LogP contribution in [-0.4, -0.2) is 33.7 Å². The Balaban J connectivity index is 2.29. The van der Waals surface area contributed by atoms with E-state index in [4.69, 9.17) is 24.4 Å². The van der Waals surface area contributed by atoms with Gasteiger partial charge in [-0.25, -0.2) is 0 Å². The quantitative estimate of drug-likeness (QED) is 0.210. The van der Waals surface area contributed by atoms with Crippen molar-refractivity contribution in [3.8, 4) is 0 Å². The molecule has 0 bridgehead atoms. The van der Waals surface area contributed by atoms with Crippen LogP contribution in [0.25, 0.3) is 0 Å². The standard InChI is InChI=1S/C27H38N2O2S2/c1-3-5-7-13-19-28(26(30)32)24-17-11-9-15-22(24)21-23-16-10-12-18-25(23)29(27(31)33)20-14-8-6-4-2/h9-12,15-18H,3-8,13-14,19-21H2,1-2H3,(H,30,32)(H,31,33). The summed E-state index contributed by atoms with van der Waals surface area (Å²) < 4.78 is 0. The van der Waals surface area contributed by atoms with Crippen LogP contribution in [0, 0.1) is 0 Å². The van der Waals surface area contributed by atoms with Gasteiger partial charge in [0, 0.05) is 30.9 Å². The minimum absolute atomic E-state index is 0.0960. The molecule has 2 rings (SSSR count). The molecule has 180 valence electrons. The van der Waals surface area contributed by atoms with Gasteiger partial charge >= 0.3 is 0 Å².